The summed E-state index contributed by atoms with van der Waals surface area (Å²) in [6, 6.07) is 10.2. The summed E-state index contributed by atoms with van der Waals surface area (Å²) in [5.74, 6) is -0.326. The molecular formula is C20H22FN3O2. The third-order valence-corrected chi connectivity index (χ3v) is 5.23. The molecule has 136 valence electrons. The van der Waals surface area contributed by atoms with Gasteiger partial charge in [0.1, 0.15) is 11.9 Å². The van der Waals surface area contributed by atoms with E-state index in [4.69, 9.17) is 10.5 Å². The topological polar surface area (TPSA) is 68.5 Å². The van der Waals surface area contributed by atoms with Crippen LogP contribution in [0.2, 0.25) is 0 Å². The number of nitrogen functional groups attached to an aromatic ring is 1. The Bertz CT molecular complexity index is 830. The van der Waals surface area contributed by atoms with Crippen molar-refractivity contribution in [3.63, 3.8) is 0 Å². The van der Waals surface area contributed by atoms with Crippen molar-refractivity contribution in [2.45, 2.75) is 31.3 Å². The van der Waals surface area contributed by atoms with Crippen molar-refractivity contribution in [3.8, 4) is 0 Å². The van der Waals surface area contributed by atoms with Gasteiger partial charge in [-0.15, -0.1) is 0 Å². The molecule has 26 heavy (non-hydrogen) atoms. The van der Waals surface area contributed by atoms with Crippen molar-refractivity contribution in [2.75, 3.05) is 25.4 Å². The van der Waals surface area contributed by atoms with E-state index in [2.05, 4.69) is 4.98 Å². The second-order valence-electron chi connectivity index (χ2n) is 7.14. The van der Waals surface area contributed by atoms with Crippen LogP contribution in [0.1, 0.15) is 35.9 Å². The molecule has 6 heteroatoms. The van der Waals surface area contributed by atoms with Crippen LogP contribution in [0, 0.1) is 12.7 Å². The lowest BCUT2D eigenvalue weighted by Crippen LogP contribution is -2.47. The van der Waals surface area contributed by atoms with Crippen molar-refractivity contribution < 1.29 is 13.9 Å². The van der Waals surface area contributed by atoms with Gasteiger partial charge in [-0.3, -0.25) is 9.78 Å². The van der Waals surface area contributed by atoms with Gasteiger partial charge in [0, 0.05) is 23.5 Å². The molecule has 2 fully saturated rings. The maximum atomic E-state index is 14.3. The molecule has 1 amide bonds. The Morgan fingerprint density at radius 3 is 2.81 bits per heavy atom. The van der Waals surface area contributed by atoms with Crippen molar-refractivity contribution >= 4 is 11.6 Å². The van der Waals surface area contributed by atoms with Crippen LogP contribution in [-0.2, 0) is 14.9 Å². The number of amides is 1. The minimum absolute atomic E-state index is 0.0171. The molecule has 1 aliphatic heterocycles. The fourth-order valence-electron chi connectivity index (χ4n) is 3.77. The van der Waals surface area contributed by atoms with Crippen LogP contribution in [0.4, 0.5) is 10.1 Å². The van der Waals surface area contributed by atoms with Gasteiger partial charge >= 0.3 is 0 Å². The first-order chi connectivity index (χ1) is 12.5. The number of ether oxygens (including phenoxy) is 1. The molecule has 2 aromatic rings. The zero-order valence-corrected chi connectivity index (χ0v) is 14.7. The molecule has 0 bridgehead atoms. The first-order valence-corrected chi connectivity index (χ1v) is 8.90. The van der Waals surface area contributed by atoms with Gasteiger partial charge in [0.05, 0.1) is 24.3 Å². The summed E-state index contributed by atoms with van der Waals surface area (Å²) >= 11 is 0. The van der Waals surface area contributed by atoms with Gasteiger partial charge in [0.2, 0.25) is 5.91 Å². The number of morpholine rings is 1. The van der Waals surface area contributed by atoms with E-state index < -0.39 is 5.41 Å². The van der Waals surface area contributed by atoms with E-state index in [0.717, 1.165) is 11.4 Å². The summed E-state index contributed by atoms with van der Waals surface area (Å²) in [4.78, 5) is 19.5. The number of pyridine rings is 1. The SMILES string of the molecule is Cc1cc(N)cc(C2CN(C(=O)C3(c4ccccc4F)CC3)CCO2)n1. The summed E-state index contributed by atoms with van der Waals surface area (Å²) < 4.78 is 20.1. The van der Waals surface area contributed by atoms with Gasteiger partial charge in [-0.2, -0.15) is 0 Å². The zero-order valence-electron chi connectivity index (χ0n) is 14.7. The number of carbonyl (C=O) groups excluding carboxylic acids is 1. The van der Waals surface area contributed by atoms with Crippen LogP contribution in [0.15, 0.2) is 36.4 Å². The van der Waals surface area contributed by atoms with Crippen molar-refractivity contribution in [1.29, 1.82) is 0 Å². The van der Waals surface area contributed by atoms with Gasteiger partial charge in [0.15, 0.2) is 0 Å². The monoisotopic (exact) mass is 355 g/mol. The third-order valence-electron chi connectivity index (χ3n) is 5.23. The Hall–Kier alpha value is -2.47. The number of aromatic nitrogens is 1. The fourth-order valence-corrected chi connectivity index (χ4v) is 3.77. The molecule has 2 aliphatic rings. The summed E-state index contributed by atoms with van der Waals surface area (Å²) in [5, 5.41) is 0. The van der Waals surface area contributed by atoms with Crippen molar-refractivity contribution in [1.82, 2.24) is 9.88 Å². The number of carbonyl (C=O) groups is 1. The average molecular weight is 355 g/mol. The summed E-state index contributed by atoms with van der Waals surface area (Å²) in [7, 11) is 0. The number of aryl methyl sites for hydroxylation is 1. The largest absolute Gasteiger partial charge is 0.399 e. The first kappa shape index (κ1) is 17.0. The quantitative estimate of drug-likeness (QED) is 0.919. The van der Waals surface area contributed by atoms with E-state index in [0.29, 0.717) is 43.8 Å². The Kier molecular flexibility index (Phi) is 4.15. The van der Waals surface area contributed by atoms with Crippen LogP contribution in [0.3, 0.4) is 0 Å². The number of anilines is 1. The molecule has 1 aromatic carbocycles. The van der Waals surface area contributed by atoms with Gasteiger partial charge in [0.25, 0.3) is 0 Å². The lowest BCUT2D eigenvalue weighted by atomic mass is 9.93. The second kappa shape index (κ2) is 6.36. The highest BCUT2D eigenvalue weighted by Crippen LogP contribution is 2.50. The normalized spacial score (nSPS) is 21.5. The van der Waals surface area contributed by atoms with E-state index in [1.165, 1.54) is 6.07 Å². The van der Waals surface area contributed by atoms with Crippen LogP contribution in [0.25, 0.3) is 0 Å². The number of hydrogen-bond acceptors (Lipinski definition) is 4. The zero-order chi connectivity index (χ0) is 18.3. The molecule has 2 N–H and O–H groups in total. The number of nitrogens with two attached hydrogens (primary N) is 1. The van der Waals surface area contributed by atoms with E-state index in [1.807, 2.05) is 6.92 Å². The molecular weight excluding hydrogens is 333 g/mol. The number of benzene rings is 1. The highest BCUT2D eigenvalue weighted by molar-refractivity contribution is 5.91. The number of halogens is 1. The summed E-state index contributed by atoms with van der Waals surface area (Å²) in [6.45, 7) is 3.22. The Labute approximate surface area is 152 Å². The fraction of sp³-hybridized carbons (Fsp3) is 0.400. The first-order valence-electron chi connectivity index (χ1n) is 8.90. The standard InChI is InChI=1S/C20H22FN3O2/c1-13-10-14(22)11-17(23-13)18-12-24(8-9-26-18)19(25)20(6-7-20)15-4-2-3-5-16(15)21/h2-5,10-11,18H,6-9,12H2,1H3,(H2,22,23). The van der Waals surface area contributed by atoms with E-state index in [9.17, 15) is 9.18 Å². The molecule has 1 aliphatic carbocycles. The molecule has 2 heterocycles. The van der Waals surface area contributed by atoms with E-state index >= 15 is 0 Å². The summed E-state index contributed by atoms with van der Waals surface area (Å²) in [6.07, 6.45) is 1.06. The number of hydrogen-bond donors (Lipinski definition) is 1. The summed E-state index contributed by atoms with van der Waals surface area (Å²) in [5.41, 5.74) is 7.88. The lowest BCUT2D eigenvalue weighted by molar-refractivity contribution is -0.142. The minimum Gasteiger partial charge on any atom is -0.399 e. The van der Waals surface area contributed by atoms with Crippen molar-refractivity contribution in [2.24, 2.45) is 0 Å². The van der Waals surface area contributed by atoms with E-state index in [-0.39, 0.29) is 17.8 Å². The molecule has 1 saturated heterocycles. The van der Waals surface area contributed by atoms with Crippen LogP contribution >= 0.6 is 0 Å². The molecule has 5 nitrogen and oxygen atoms in total. The molecule has 0 radical (unpaired) electrons. The molecule has 4 rings (SSSR count). The van der Waals surface area contributed by atoms with Gasteiger partial charge < -0.3 is 15.4 Å². The lowest BCUT2D eigenvalue weighted by Gasteiger charge is -2.35. The second-order valence-corrected chi connectivity index (χ2v) is 7.14. The van der Waals surface area contributed by atoms with Gasteiger partial charge in [-0.25, -0.2) is 4.39 Å². The highest BCUT2D eigenvalue weighted by atomic mass is 19.1. The van der Waals surface area contributed by atoms with Crippen LogP contribution < -0.4 is 5.73 Å². The Morgan fingerprint density at radius 2 is 2.12 bits per heavy atom. The Balaban J connectivity index is 1.56. The predicted molar refractivity (Wildman–Crippen MR) is 96.0 cm³/mol. The van der Waals surface area contributed by atoms with Crippen LogP contribution in [-0.4, -0.2) is 35.5 Å². The predicted octanol–water partition coefficient (Wildman–Crippen LogP) is 2.74. The Morgan fingerprint density at radius 1 is 1.35 bits per heavy atom. The maximum absolute atomic E-state index is 14.3. The minimum atomic E-state index is -0.716. The van der Waals surface area contributed by atoms with Crippen LogP contribution in [0.5, 0.6) is 0 Å². The number of nitrogens with zero attached hydrogens (tertiary/aromatic N) is 2. The molecule has 1 atom stereocenters. The molecule has 1 saturated carbocycles. The maximum Gasteiger partial charge on any atom is 0.233 e. The van der Waals surface area contributed by atoms with Crippen molar-refractivity contribution in [3.05, 3.63) is 59.2 Å². The smallest absolute Gasteiger partial charge is 0.233 e. The average Bonchev–Trinajstić information content (AvgIpc) is 3.42. The highest BCUT2D eigenvalue weighted by Gasteiger charge is 2.54. The molecule has 1 unspecified atom stereocenters. The number of rotatable bonds is 3. The van der Waals surface area contributed by atoms with Gasteiger partial charge in [-0.1, -0.05) is 18.2 Å². The van der Waals surface area contributed by atoms with E-state index in [1.54, 1.807) is 35.2 Å². The van der Waals surface area contributed by atoms with Gasteiger partial charge in [-0.05, 0) is 38.0 Å². The third kappa shape index (κ3) is 2.94. The molecule has 1 aromatic heterocycles. The molecule has 0 spiro atoms.